The molecule has 0 rings (SSSR count). The number of halogens is 1. The lowest BCUT2D eigenvalue weighted by Crippen LogP contribution is -2.42. The molecule has 1 atom stereocenters. The molecule has 4 nitrogen and oxygen atoms in total. The zero-order valence-electron chi connectivity index (χ0n) is 8.66. The normalized spacial score (nSPS) is 13.7. The Kier molecular flexibility index (Phi) is 5.44. The zero-order chi connectivity index (χ0) is 11.4. The first kappa shape index (κ1) is 13.7. The average Bonchev–Trinajstić information content (AvgIpc) is 2.10. The van der Waals surface area contributed by atoms with E-state index in [-0.39, 0.29) is 5.91 Å². The number of sulfone groups is 1. The van der Waals surface area contributed by atoms with Crippen molar-refractivity contribution in [3.8, 4) is 0 Å². The van der Waals surface area contributed by atoms with Gasteiger partial charge in [0.25, 0.3) is 0 Å². The molecule has 0 aliphatic heterocycles. The van der Waals surface area contributed by atoms with Crippen LogP contribution in [0.1, 0.15) is 13.8 Å². The molecule has 0 saturated heterocycles. The number of carbonyl (C=O) groups is 1. The van der Waals surface area contributed by atoms with E-state index in [2.05, 4.69) is 0 Å². The molecular weight excluding hydrogens is 226 g/mol. The summed E-state index contributed by atoms with van der Waals surface area (Å²) in [5.74, 6) is -0.0635. The second kappa shape index (κ2) is 5.56. The first-order valence-corrected chi connectivity index (χ1v) is 6.87. The highest BCUT2D eigenvalue weighted by Gasteiger charge is 2.27. The molecular formula is C8H16ClNO3S. The van der Waals surface area contributed by atoms with Gasteiger partial charge in [0, 0.05) is 25.2 Å². The van der Waals surface area contributed by atoms with Crippen LogP contribution >= 0.6 is 11.6 Å². The first-order valence-electron chi connectivity index (χ1n) is 4.38. The first-order chi connectivity index (χ1) is 6.34. The Labute approximate surface area is 90.1 Å². The van der Waals surface area contributed by atoms with Gasteiger partial charge in [0.15, 0.2) is 9.84 Å². The summed E-state index contributed by atoms with van der Waals surface area (Å²) in [5.41, 5.74) is 0. The lowest BCUT2D eigenvalue weighted by Gasteiger charge is -2.22. The molecule has 1 amide bonds. The van der Waals surface area contributed by atoms with Crippen LogP contribution < -0.4 is 0 Å². The van der Waals surface area contributed by atoms with E-state index in [1.807, 2.05) is 0 Å². The highest BCUT2D eigenvalue weighted by Crippen LogP contribution is 2.04. The van der Waals surface area contributed by atoms with E-state index in [0.29, 0.717) is 19.0 Å². The quantitative estimate of drug-likeness (QED) is 0.659. The van der Waals surface area contributed by atoms with Gasteiger partial charge in [-0.05, 0) is 13.8 Å². The van der Waals surface area contributed by atoms with Crippen molar-refractivity contribution in [1.82, 2.24) is 4.90 Å². The van der Waals surface area contributed by atoms with Crippen molar-refractivity contribution in [3.05, 3.63) is 0 Å². The van der Waals surface area contributed by atoms with Crippen molar-refractivity contribution in [2.75, 3.05) is 25.2 Å². The van der Waals surface area contributed by atoms with E-state index in [9.17, 15) is 13.2 Å². The molecule has 0 N–H and O–H groups in total. The van der Waals surface area contributed by atoms with Crippen LogP contribution in [-0.4, -0.2) is 49.7 Å². The molecule has 6 heteroatoms. The molecule has 84 valence electrons. The molecule has 0 aromatic carbocycles. The molecule has 0 aromatic heterocycles. The topological polar surface area (TPSA) is 54.5 Å². The Morgan fingerprint density at radius 2 is 2.00 bits per heavy atom. The number of rotatable bonds is 5. The predicted molar refractivity (Wildman–Crippen MR) is 57.3 cm³/mol. The highest BCUT2D eigenvalue weighted by atomic mass is 35.5. The SMILES string of the molecule is CCN(CCCl)C(=O)C(C)S(C)(=O)=O. The summed E-state index contributed by atoms with van der Waals surface area (Å²) in [6.45, 7) is 4.05. The average molecular weight is 242 g/mol. The second-order valence-electron chi connectivity index (χ2n) is 3.08. The van der Waals surface area contributed by atoms with Crippen molar-refractivity contribution in [3.63, 3.8) is 0 Å². The summed E-state index contributed by atoms with van der Waals surface area (Å²) in [7, 11) is -3.31. The number of amides is 1. The van der Waals surface area contributed by atoms with Gasteiger partial charge >= 0.3 is 0 Å². The van der Waals surface area contributed by atoms with Gasteiger partial charge in [-0.2, -0.15) is 0 Å². The predicted octanol–water partition coefficient (Wildman–Crippen LogP) is 0.507. The van der Waals surface area contributed by atoms with E-state index >= 15 is 0 Å². The van der Waals surface area contributed by atoms with E-state index < -0.39 is 15.1 Å². The summed E-state index contributed by atoms with van der Waals surface area (Å²) in [4.78, 5) is 13.0. The summed E-state index contributed by atoms with van der Waals surface area (Å²) in [6.07, 6.45) is 1.06. The molecule has 0 spiro atoms. The number of alkyl halides is 1. The summed E-state index contributed by atoms with van der Waals surface area (Å²) in [5, 5.41) is -0.981. The monoisotopic (exact) mass is 241 g/mol. The number of nitrogens with zero attached hydrogens (tertiary/aromatic N) is 1. The Bertz CT molecular complexity index is 289. The lowest BCUT2D eigenvalue weighted by molar-refractivity contribution is -0.130. The Hall–Kier alpha value is -0.290. The van der Waals surface area contributed by atoms with Crippen LogP contribution in [-0.2, 0) is 14.6 Å². The van der Waals surface area contributed by atoms with Crippen LogP contribution in [0, 0.1) is 0 Å². The number of carbonyl (C=O) groups excluding carboxylic acids is 1. The van der Waals surface area contributed by atoms with E-state index in [1.165, 1.54) is 11.8 Å². The van der Waals surface area contributed by atoms with Crippen molar-refractivity contribution in [2.24, 2.45) is 0 Å². The van der Waals surface area contributed by atoms with Gasteiger partial charge in [0.1, 0.15) is 5.25 Å². The maximum Gasteiger partial charge on any atom is 0.240 e. The van der Waals surface area contributed by atoms with Gasteiger partial charge in [-0.25, -0.2) is 8.42 Å². The highest BCUT2D eigenvalue weighted by molar-refractivity contribution is 7.92. The standard InChI is InChI=1S/C8H16ClNO3S/c1-4-10(6-5-9)8(11)7(2)14(3,12)13/h7H,4-6H2,1-3H3. The number of hydrogen-bond donors (Lipinski definition) is 0. The Morgan fingerprint density at radius 1 is 1.50 bits per heavy atom. The van der Waals surface area contributed by atoms with Crippen molar-refractivity contribution in [1.29, 1.82) is 0 Å². The minimum Gasteiger partial charge on any atom is -0.341 e. The molecule has 0 aromatic rings. The molecule has 0 bridgehead atoms. The van der Waals surface area contributed by atoms with Crippen LogP contribution in [0.25, 0.3) is 0 Å². The summed E-state index contributed by atoms with van der Waals surface area (Å²) >= 11 is 5.49. The summed E-state index contributed by atoms with van der Waals surface area (Å²) < 4.78 is 22.2. The molecule has 0 saturated carbocycles. The van der Waals surface area contributed by atoms with Gasteiger partial charge in [0.2, 0.25) is 5.91 Å². The summed E-state index contributed by atoms with van der Waals surface area (Å²) in [6, 6.07) is 0. The van der Waals surface area contributed by atoms with Crippen molar-refractivity contribution < 1.29 is 13.2 Å². The maximum absolute atomic E-state index is 11.6. The van der Waals surface area contributed by atoms with Crippen molar-refractivity contribution >= 4 is 27.3 Å². The third kappa shape index (κ3) is 3.84. The van der Waals surface area contributed by atoms with Gasteiger partial charge in [0.05, 0.1) is 0 Å². The molecule has 14 heavy (non-hydrogen) atoms. The van der Waals surface area contributed by atoms with Crippen molar-refractivity contribution in [2.45, 2.75) is 19.1 Å². The van der Waals surface area contributed by atoms with E-state index in [4.69, 9.17) is 11.6 Å². The molecule has 0 fully saturated rings. The zero-order valence-corrected chi connectivity index (χ0v) is 10.2. The van der Waals surface area contributed by atoms with E-state index in [0.717, 1.165) is 6.26 Å². The fourth-order valence-electron chi connectivity index (χ4n) is 0.966. The van der Waals surface area contributed by atoms with Gasteiger partial charge < -0.3 is 4.90 Å². The number of hydrogen-bond acceptors (Lipinski definition) is 3. The third-order valence-corrected chi connectivity index (χ3v) is 3.69. The van der Waals surface area contributed by atoms with Gasteiger partial charge in [-0.1, -0.05) is 0 Å². The fourth-order valence-corrected chi connectivity index (χ4v) is 1.69. The molecule has 0 aliphatic carbocycles. The fraction of sp³-hybridized carbons (Fsp3) is 0.875. The second-order valence-corrected chi connectivity index (χ2v) is 5.82. The minimum atomic E-state index is -3.31. The Morgan fingerprint density at radius 3 is 2.29 bits per heavy atom. The minimum absolute atomic E-state index is 0.316. The van der Waals surface area contributed by atoms with Crippen LogP contribution in [0.15, 0.2) is 0 Å². The third-order valence-electron chi connectivity index (χ3n) is 2.04. The molecule has 0 heterocycles. The van der Waals surface area contributed by atoms with Gasteiger partial charge in [-0.15, -0.1) is 11.6 Å². The van der Waals surface area contributed by atoms with Crippen LogP contribution in [0.2, 0.25) is 0 Å². The smallest absolute Gasteiger partial charge is 0.240 e. The molecule has 0 radical (unpaired) electrons. The molecule has 0 aliphatic rings. The lowest BCUT2D eigenvalue weighted by atomic mass is 10.4. The maximum atomic E-state index is 11.6. The largest absolute Gasteiger partial charge is 0.341 e. The van der Waals surface area contributed by atoms with Gasteiger partial charge in [-0.3, -0.25) is 4.79 Å². The van der Waals surface area contributed by atoms with Crippen LogP contribution in [0.4, 0.5) is 0 Å². The van der Waals surface area contributed by atoms with E-state index in [1.54, 1.807) is 6.92 Å². The van der Waals surface area contributed by atoms with Crippen LogP contribution in [0.3, 0.4) is 0 Å². The molecule has 1 unspecified atom stereocenters. The van der Waals surface area contributed by atoms with Crippen LogP contribution in [0.5, 0.6) is 0 Å². The Balaban J connectivity index is 4.59.